The first-order valence-electron chi connectivity index (χ1n) is 7.35. The Morgan fingerprint density at radius 3 is 2.87 bits per heavy atom. The highest BCUT2D eigenvalue weighted by Crippen LogP contribution is 2.24. The summed E-state index contributed by atoms with van der Waals surface area (Å²) in [7, 11) is 0. The molecule has 1 N–H and O–H groups in total. The maximum atomic E-state index is 12.0. The molecule has 3 aromatic rings. The van der Waals surface area contributed by atoms with E-state index in [1.165, 1.54) is 4.70 Å². The molecule has 118 valence electrons. The monoisotopic (exact) mass is 343 g/mol. The van der Waals surface area contributed by atoms with Gasteiger partial charge in [0, 0.05) is 11.9 Å². The number of para-hydroxylation sites is 1. The maximum Gasteiger partial charge on any atom is 0.230 e. The number of thioether (sulfide) groups is 1. The minimum Gasteiger partial charge on any atom is -0.347 e. The fraction of sp³-hybridized carbons (Fsp3) is 0.235. The predicted octanol–water partition coefficient (Wildman–Crippen LogP) is 3.80. The fourth-order valence-corrected chi connectivity index (χ4v) is 4.06. The summed E-state index contributed by atoms with van der Waals surface area (Å²) in [6.45, 7) is 1.94. The van der Waals surface area contributed by atoms with Gasteiger partial charge in [0.15, 0.2) is 0 Å². The summed E-state index contributed by atoms with van der Waals surface area (Å²) >= 11 is 3.27. The number of hydrogen-bond acceptors (Lipinski definition) is 5. The van der Waals surface area contributed by atoms with Gasteiger partial charge in [-0.15, -0.1) is 23.1 Å². The van der Waals surface area contributed by atoms with Gasteiger partial charge < -0.3 is 5.32 Å². The van der Waals surface area contributed by atoms with Crippen LogP contribution in [0.15, 0.2) is 48.7 Å². The Morgan fingerprint density at radius 1 is 1.26 bits per heavy atom. The van der Waals surface area contributed by atoms with E-state index >= 15 is 0 Å². The highest BCUT2D eigenvalue weighted by molar-refractivity contribution is 7.99. The van der Waals surface area contributed by atoms with Crippen LogP contribution in [0.5, 0.6) is 0 Å². The molecule has 3 rings (SSSR count). The van der Waals surface area contributed by atoms with Crippen molar-refractivity contribution < 1.29 is 4.79 Å². The van der Waals surface area contributed by atoms with Crippen molar-refractivity contribution in [2.45, 2.75) is 18.7 Å². The molecule has 1 atom stereocenters. The minimum atomic E-state index is -0.0771. The maximum absolute atomic E-state index is 12.0. The van der Waals surface area contributed by atoms with Crippen molar-refractivity contribution >= 4 is 39.2 Å². The number of nitrogens with one attached hydrogen (secondary N) is 1. The zero-order chi connectivity index (χ0) is 16.1. The van der Waals surface area contributed by atoms with E-state index in [-0.39, 0.29) is 11.9 Å². The first-order chi connectivity index (χ1) is 11.2. The van der Waals surface area contributed by atoms with E-state index in [1.54, 1.807) is 29.3 Å². The number of pyridine rings is 1. The average Bonchev–Trinajstić information content (AvgIpc) is 2.98. The van der Waals surface area contributed by atoms with Crippen LogP contribution >= 0.6 is 23.1 Å². The molecule has 2 aromatic heterocycles. The average molecular weight is 343 g/mol. The third-order valence-electron chi connectivity index (χ3n) is 3.31. The van der Waals surface area contributed by atoms with Crippen molar-refractivity contribution in [1.29, 1.82) is 0 Å². The number of thiazole rings is 1. The molecule has 0 spiro atoms. The van der Waals surface area contributed by atoms with E-state index < -0.39 is 0 Å². The fourth-order valence-electron chi connectivity index (χ4n) is 2.20. The van der Waals surface area contributed by atoms with Crippen LogP contribution in [0, 0.1) is 0 Å². The second-order valence-electron chi connectivity index (χ2n) is 5.11. The molecule has 1 unspecified atom stereocenters. The summed E-state index contributed by atoms with van der Waals surface area (Å²) in [6, 6.07) is 13.7. The minimum absolute atomic E-state index is 0.0225. The first-order valence-corrected chi connectivity index (χ1v) is 9.32. The SMILES string of the molecule is CC(NC(=O)CSCc1nc2ccccc2s1)c1ccccn1. The number of carbonyl (C=O) groups is 1. The Labute approximate surface area is 143 Å². The Bertz CT molecular complexity index is 756. The van der Waals surface area contributed by atoms with Crippen molar-refractivity contribution in [2.24, 2.45) is 0 Å². The van der Waals surface area contributed by atoms with Gasteiger partial charge >= 0.3 is 0 Å². The predicted molar refractivity (Wildman–Crippen MR) is 96.6 cm³/mol. The van der Waals surface area contributed by atoms with Crippen LogP contribution in [0.25, 0.3) is 10.2 Å². The standard InChI is InChI=1S/C17H17N3OS2/c1-12(13-6-4-5-9-18-13)19-16(21)10-22-11-17-20-14-7-2-3-8-15(14)23-17/h2-9,12H,10-11H2,1H3,(H,19,21). The van der Waals surface area contributed by atoms with Crippen LogP contribution in [0.2, 0.25) is 0 Å². The molecule has 0 aliphatic carbocycles. The van der Waals surface area contributed by atoms with E-state index in [4.69, 9.17) is 0 Å². The van der Waals surface area contributed by atoms with Gasteiger partial charge in [-0.25, -0.2) is 4.98 Å². The number of benzene rings is 1. The lowest BCUT2D eigenvalue weighted by atomic mass is 10.2. The van der Waals surface area contributed by atoms with Gasteiger partial charge in [-0.2, -0.15) is 0 Å². The smallest absolute Gasteiger partial charge is 0.230 e. The lowest BCUT2D eigenvalue weighted by Gasteiger charge is -2.12. The first kappa shape index (κ1) is 16.0. The molecule has 0 bridgehead atoms. The topological polar surface area (TPSA) is 54.9 Å². The molecule has 6 heteroatoms. The third-order valence-corrected chi connectivity index (χ3v) is 5.47. The van der Waals surface area contributed by atoms with Crippen molar-refractivity contribution in [3.8, 4) is 0 Å². The van der Waals surface area contributed by atoms with Crippen LogP contribution in [0.3, 0.4) is 0 Å². The van der Waals surface area contributed by atoms with E-state index in [0.29, 0.717) is 5.75 Å². The van der Waals surface area contributed by atoms with Crippen LogP contribution in [0.4, 0.5) is 0 Å². The Hall–Kier alpha value is -1.92. The third kappa shape index (κ3) is 4.30. The molecule has 0 saturated carbocycles. The summed E-state index contributed by atoms with van der Waals surface area (Å²) in [4.78, 5) is 20.8. The quantitative estimate of drug-likeness (QED) is 0.739. The number of carbonyl (C=O) groups excluding carboxylic acids is 1. The van der Waals surface area contributed by atoms with Crippen molar-refractivity contribution in [3.05, 3.63) is 59.4 Å². The Kier molecular flexibility index (Phi) is 5.25. The summed E-state index contributed by atoms with van der Waals surface area (Å²) in [5.41, 5.74) is 1.90. The zero-order valence-corrected chi connectivity index (χ0v) is 14.4. The Balaban J connectivity index is 1.47. The molecular formula is C17H17N3OS2. The molecule has 0 fully saturated rings. The van der Waals surface area contributed by atoms with E-state index in [2.05, 4.69) is 21.4 Å². The Morgan fingerprint density at radius 2 is 2.09 bits per heavy atom. The second kappa shape index (κ2) is 7.57. The molecule has 1 aromatic carbocycles. The molecule has 1 amide bonds. The normalized spacial score (nSPS) is 12.2. The number of nitrogens with zero attached hydrogens (tertiary/aromatic N) is 2. The van der Waals surface area contributed by atoms with Crippen molar-refractivity contribution in [3.63, 3.8) is 0 Å². The van der Waals surface area contributed by atoms with E-state index in [9.17, 15) is 4.79 Å². The van der Waals surface area contributed by atoms with Crippen LogP contribution in [-0.4, -0.2) is 21.6 Å². The summed E-state index contributed by atoms with van der Waals surface area (Å²) in [5, 5.41) is 4.03. The lowest BCUT2D eigenvalue weighted by molar-refractivity contribution is -0.119. The van der Waals surface area contributed by atoms with Gasteiger partial charge in [0.1, 0.15) is 5.01 Å². The van der Waals surface area contributed by atoms with Gasteiger partial charge in [0.05, 0.1) is 27.7 Å². The summed E-state index contributed by atoms with van der Waals surface area (Å²) in [5.74, 6) is 1.20. The van der Waals surface area contributed by atoms with Gasteiger partial charge in [-0.05, 0) is 31.2 Å². The molecule has 0 aliphatic heterocycles. The van der Waals surface area contributed by atoms with E-state index in [0.717, 1.165) is 22.0 Å². The van der Waals surface area contributed by atoms with Crippen LogP contribution in [0.1, 0.15) is 23.7 Å². The van der Waals surface area contributed by atoms with Crippen molar-refractivity contribution in [1.82, 2.24) is 15.3 Å². The number of fused-ring (bicyclic) bond motifs is 1. The van der Waals surface area contributed by atoms with Crippen molar-refractivity contribution in [2.75, 3.05) is 5.75 Å². The number of aromatic nitrogens is 2. The zero-order valence-electron chi connectivity index (χ0n) is 12.7. The molecule has 23 heavy (non-hydrogen) atoms. The molecule has 4 nitrogen and oxygen atoms in total. The van der Waals surface area contributed by atoms with Crippen LogP contribution < -0.4 is 5.32 Å². The summed E-state index contributed by atoms with van der Waals surface area (Å²) < 4.78 is 1.19. The molecule has 0 radical (unpaired) electrons. The highest BCUT2D eigenvalue weighted by atomic mass is 32.2. The van der Waals surface area contributed by atoms with Gasteiger partial charge in [-0.1, -0.05) is 18.2 Å². The number of hydrogen-bond donors (Lipinski definition) is 1. The lowest BCUT2D eigenvalue weighted by Crippen LogP contribution is -2.28. The number of amides is 1. The molecule has 0 aliphatic rings. The second-order valence-corrected chi connectivity index (χ2v) is 7.21. The summed E-state index contributed by atoms with van der Waals surface area (Å²) in [6.07, 6.45) is 1.74. The highest BCUT2D eigenvalue weighted by Gasteiger charge is 2.11. The largest absolute Gasteiger partial charge is 0.347 e. The van der Waals surface area contributed by atoms with Gasteiger partial charge in [-0.3, -0.25) is 9.78 Å². The molecule has 2 heterocycles. The van der Waals surface area contributed by atoms with Gasteiger partial charge in [0.25, 0.3) is 0 Å². The molecular weight excluding hydrogens is 326 g/mol. The number of rotatable bonds is 6. The molecule has 0 saturated heterocycles. The van der Waals surface area contributed by atoms with E-state index in [1.807, 2.05) is 43.3 Å². The van der Waals surface area contributed by atoms with Gasteiger partial charge in [0.2, 0.25) is 5.91 Å². The van der Waals surface area contributed by atoms with Crippen LogP contribution in [-0.2, 0) is 10.5 Å².